The number of benzene rings is 2. The lowest BCUT2D eigenvalue weighted by atomic mass is 9.82. The van der Waals surface area contributed by atoms with Crippen LogP contribution in [0.3, 0.4) is 0 Å². The van der Waals surface area contributed by atoms with Gasteiger partial charge in [0.25, 0.3) is 0 Å². The fraction of sp³-hybridized carbons (Fsp3) is 0.464. The van der Waals surface area contributed by atoms with Gasteiger partial charge in [-0.05, 0) is 54.4 Å². The molecule has 2 fully saturated rings. The number of hydrogen-bond donors (Lipinski definition) is 2. The van der Waals surface area contributed by atoms with Crippen molar-refractivity contribution in [2.45, 2.75) is 62.9 Å². The Labute approximate surface area is 205 Å². The number of piperidine rings is 1. The van der Waals surface area contributed by atoms with E-state index >= 15 is 0 Å². The number of nitrogens with one attached hydrogen (secondary N) is 1. The number of fused-ring (bicyclic) bond motifs is 3. The highest BCUT2D eigenvalue weighted by Gasteiger charge is 2.40. The second kappa shape index (κ2) is 10.1. The third-order valence-electron chi connectivity index (χ3n) is 7.80. The van der Waals surface area contributed by atoms with Gasteiger partial charge in [-0.15, -0.1) is 0 Å². The number of carbonyl (C=O) groups excluding carboxylic acids is 2. The van der Waals surface area contributed by atoms with Gasteiger partial charge in [0.1, 0.15) is 12.6 Å². The third-order valence-corrected chi connectivity index (χ3v) is 7.80. The van der Waals surface area contributed by atoms with Gasteiger partial charge >= 0.3 is 12.1 Å². The number of aliphatic carboxylic acids is 1. The number of nitrogens with zero attached hydrogens (tertiary/aromatic N) is 1. The summed E-state index contributed by atoms with van der Waals surface area (Å²) in [5.74, 6) is -1.54. The van der Waals surface area contributed by atoms with Crippen molar-refractivity contribution in [3.63, 3.8) is 0 Å². The number of carbonyl (C=O) groups is 3. The monoisotopic (exact) mass is 476 g/mol. The summed E-state index contributed by atoms with van der Waals surface area (Å²) < 4.78 is 5.71. The predicted octanol–water partition coefficient (Wildman–Crippen LogP) is 4.55. The topological polar surface area (TPSA) is 95.9 Å². The summed E-state index contributed by atoms with van der Waals surface area (Å²) >= 11 is 0. The Morgan fingerprint density at radius 3 is 2.20 bits per heavy atom. The van der Waals surface area contributed by atoms with Gasteiger partial charge in [0.2, 0.25) is 5.91 Å². The third kappa shape index (κ3) is 4.64. The van der Waals surface area contributed by atoms with E-state index in [0.29, 0.717) is 25.8 Å². The van der Waals surface area contributed by atoms with Crippen LogP contribution in [0.4, 0.5) is 4.79 Å². The average Bonchev–Trinajstić information content (AvgIpc) is 3.21. The molecule has 2 aliphatic carbocycles. The molecule has 3 atom stereocenters. The first-order valence-electron chi connectivity index (χ1n) is 12.7. The molecule has 2 unspecified atom stereocenters. The Morgan fingerprint density at radius 2 is 1.51 bits per heavy atom. The molecule has 2 aromatic carbocycles. The van der Waals surface area contributed by atoms with Crippen LogP contribution in [0.2, 0.25) is 0 Å². The second-order valence-electron chi connectivity index (χ2n) is 9.85. The van der Waals surface area contributed by atoms with Crippen molar-refractivity contribution in [2.24, 2.45) is 5.92 Å². The van der Waals surface area contributed by atoms with Gasteiger partial charge in [-0.1, -0.05) is 61.4 Å². The lowest BCUT2D eigenvalue weighted by Crippen LogP contribution is -2.55. The van der Waals surface area contributed by atoms with Gasteiger partial charge in [0, 0.05) is 18.5 Å². The molecule has 2 N–H and O–H groups in total. The SMILES string of the molecule is O=C(NC1CCCCC1C(=O)N1CCCC[C@H]1C(=O)O)OCC1c2ccccc2-c2ccccc21. The second-order valence-corrected chi connectivity index (χ2v) is 9.85. The molecule has 0 spiro atoms. The summed E-state index contributed by atoms with van der Waals surface area (Å²) in [5, 5.41) is 12.5. The smallest absolute Gasteiger partial charge is 0.407 e. The van der Waals surface area contributed by atoms with E-state index in [-0.39, 0.29) is 24.5 Å². The lowest BCUT2D eigenvalue weighted by molar-refractivity contribution is -0.154. The fourth-order valence-corrected chi connectivity index (χ4v) is 6.06. The van der Waals surface area contributed by atoms with Gasteiger partial charge < -0.3 is 20.1 Å². The maximum Gasteiger partial charge on any atom is 0.407 e. The number of likely N-dealkylation sites (tertiary alicyclic amines) is 1. The van der Waals surface area contributed by atoms with E-state index in [9.17, 15) is 19.5 Å². The molecular formula is C28H32N2O5. The first-order chi connectivity index (χ1) is 17.0. The summed E-state index contributed by atoms with van der Waals surface area (Å²) in [4.78, 5) is 39.5. The maximum atomic E-state index is 13.4. The highest BCUT2D eigenvalue weighted by Crippen LogP contribution is 2.44. The summed E-state index contributed by atoms with van der Waals surface area (Å²) in [7, 11) is 0. The van der Waals surface area contributed by atoms with Crippen LogP contribution in [-0.2, 0) is 14.3 Å². The van der Waals surface area contributed by atoms with Gasteiger partial charge in [-0.25, -0.2) is 9.59 Å². The van der Waals surface area contributed by atoms with E-state index < -0.39 is 24.0 Å². The van der Waals surface area contributed by atoms with E-state index in [1.54, 1.807) is 0 Å². The highest BCUT2D eigenvalue weighted by molar-refractivity contribution is 5.86. The molecule has 1 saturated heterocycles. The van der Waals surface area contributed by atoms with Crippen molar-refractivity contribution in [1.82, 2.24) is 10.2 Å². The normalized spacial score (nSPS) is 23.8. The summed E-state index contributed by atoms with van der Waals surface area (Å²) in [6.07, 6.45) is 4.73. The molecule has 2 aromatic rings. The van der Waals surface area contributed by atoms with E-state index in [4.69, 9.17) is 4.74 Å². The molecule has 184 valence electrons. The van der Waals surface area contributed by atoms with Crippen molar-refractivity contribution < 1.29 is 24.2 Å². The minimum atomic E-state index is -0.949. The average molecular weight is 477 g/mol. The van der Waals surface area contributed by atoms with Gasteiger partial charge in [-0.2, -0.15) is 0 Å². The van der Waals surface area contributed by atoms with E-state index in [1.165, 1.54) is 16.0 Å². The highest BCUT2D eigenvalue weighted by atomic mass is 16.5. The molecule has 7 nitrogen and oxygen atoms in total. The number of carboxylic acid groups (broad SMARTS) is 1. The summed E-state index contributed by atoms with van der Waals surface area (Å²) in [6, 6.07) is 15.3. The number of amides is 2. The molecule has 0 aromatic heterocycles. The first-order valence-corrected chi connectivity index (χ1v) is 12.7. The van der Waals surface area contributed by atoms with Crippen LogP contribution in [0.15, 0.2) is 48.5 Å². The number of rotatable bonds is 5. The lowest BCUT2D eigenvalue weighted by Gasteiger charge is -2.39. The minimum absolute atomic E-state index is 0.0263. The number of ether oxygens (including phenoxy) is 1. The van der Waals surface area contributed by atoms with Crippen LogP contribution in [-0.4, -0.2) is 53.2 Å². The van der Waals surface area contributed by atoms with Crippen molar-refractivity contribution in [3.8, 4) is 11.1 Å². The predicted molar refractivity (Wildman–Crippen MR) is 131 cm³/mol. The zero-order valence-corrected chi connectivity index (χ0v) is 19.8. The van der Waals surface area contributed by atoms with Gasteiger partial charge in [-0.3, -0.25) is 4.79 Å². The Morgan fingerprint density at radius 1 is 0.886 bits per heavy atom. The molecule has 35 heavy (non-hydrogen) atoms. The quantitative estimate of drug-likeness (QED) is 0.660. The van der Waals surface area contributed by atoms with Crippen molar-refractivity contribution in [2.75, 3.05) is 13.2 Å². The number of carboxylic acids is 1. The Balaban J connectivity index is 1.25. The van der Waals surface area contributed by atoms with E-state index in [2.05, 4.69) is 29.6 Å². The van der Waals surface area contributed by atoms with Crippen LogP contribution in [0, 0.1) is 5.92 Å². The first kappa shape index (κ1) is 23.4. The molecule has 7 heteroatoms. The Kier molecular flexibility index (Phi) is 6.75. The van der Waals surface area contributed by atoms with Crippen LogP contribution < -0.4 is 5.32 Å². The van der Waals surface area contributed by atoms with Crippen molar-refractivity contribution in [3.05, 3.63) is 59.7 Å². The number of hydrogen-bond acceptors (Lipinski definition) is 4. The van der Waals surface area contributed by atoms with Crippen LogP contribution in [0.5, 0.6) is 0 Å². The summed E-state index contributed by atoms with van der Waals surface area (Å²) in [6.45, 7) is 0.683. The van der Waals surface area contributed by atoms with Crippen molar-refractivity contribution >= 4 is 18.0 Å². The molecule has 1 heterocycles. The standard InChI is InChI=1S/C28H32N2O5/c31-26(30-16-8-7-15-25(30)27(32)33)22-13-5-6-14-24(22)29-28(34)35-17-23-20-11-3-1-9-18(20)19-10-2-4-12-21(19)23/h1-4,9-12,22-25H,5-8,13-17H2,(H,29,34)(H,32,33)/t22?,24?,25-/m0/s1. The van der Waals surface area contributed by atoms with Crippen molar-refractivity contribution in [1.29, 1.82) is 0 Å². The Hall–Kier alpha value is -3.35. The minimum Gasteiger partial charge on any atom is -0.480 e. The fourth-order valence-electron chi connectivity index (χ4n) is 6.06. The molecule has 2 amide bonds. The van der Waals surface area contributed by atoms with Gasteiger partial charge in [0.15, 0.2) is 0 Å². The molecule has 1 aliphatic heterocycles. The molecule has 5 rings (SSSR count). The van der Waals surface area contributed by atoms with E-state index in [1.807, 2.05) is 24.3 Å². The molecular weight excluding hydrogens is 444 g/mol. The zero-order chi connectivity index (χ0) is 24.4. The molecule has 3 aliphatic rings. The maximum absolute atomic E-state index is 13.4. The van der Waals surface area contributed by atoms with E-state index in [0.717, 1.165) is 36.8 Å². The molecule has 0 radical (unpaired) electrons. The van der Waals surface area contributed by atoms with Crippen LogP contribution >= 0.6 is 0 Å². The molecule has 1 saturated carbocycles. The zero-order valence-electron chi connectivity index (χ0n) is 19.8. The summed E-state index contributed by atoms with van der Waals surface area (Å²) in [5.41, 5.74) is 4.64. The molecule has 0 bridgehead atoms. The number of alkyl carbamates (subject to hydrolysis) is 1. The largest absolute Gasteiger partial charge is 0.480 e. The van der Waals surface area contributed by atoms with Crippen LogP contribution in [0.1, 0.15) is 62.0 Å². The van der Waals surface area contributed by atoms with Gasteiger partial charge in [0.05, 0.1) is 5.92 Å². The van der Waals surface area contributed by atoms with Crippen LogP contribution in [0.25, 0.3) is 11.1 Å². The Bertz CT molecular complexity index is 1070.